The predicted molar refractivity (Wildman–Crippen MR) is 88.5 cm³/mol. The predicted octanol–water partition coefficient (Wildman–Crippen LogP) is 2.60. The van der Waals surface area contributed by atoms with Crippen molar-refractivity contribution in [2.45, 2.75) is 20.1 Å². The van der Waals surface area contributed by atoms with E-state index in [2.05, 4.69) is 20.5 Å². The minimum absolute atomic E-state index is 0.137. The summed E-state index contributed by atoms with van der Waals surface area (Å²) in [4.78, 5) is 16.5. The fourth-order valence-corrected chi connectivity index (χ4v) is 2.80. The van der Waals surface area contributed by atoms with E-state index in [0.29, 0.717) is 18.7 Å². The molecule has 0 saturated carbocycles. The number of pyridine rings is 1. The van der Waals surface area contributed by atoms with Gasteiger partial charge in [0.1, 0.15) is 12.4 Å². The zero-order chi connectivity index (χ0) is 16.5. The molecule has 3 aromatic rings. The Bertz CT molecular complexity index is 917. The molecule has 0 fully saturated rings. The van der Waals surface area contributed by atoms with E-state index in [9.17, 15) is 4.79 Å². The van der Waals surface area contributed by atoms with E-state index in [0.717, 1.165) is 33.7 Å². The standard InChI is InChI=1S/C18H16N4O2/c1-11-13(9-21-22-11)8-20-18(23)12-2-3-16-15-4-5-19-7-14(15)10-24-17(16)6-12/h2-7,9H,8,10H2,1H3,(H,20,23)(H,21,22). The SMILES string of the molecule is Cc1[nH]ncc1CNC(=O)c1ccc2c(c1)OCc1cnccc1-2. The Morgan fingerprint density at radius 3 is 3.04 bits per heavy atom. The van der Waals surface area contributed by atoms with Gasteiger partial charge in [0, 0.05) is 46.9 Å². The molecule has 0 saturated heterocycles. The van der Waals surface area contributed by atoms with Gasteiger partial charge in [0.25, 0.3) is 5.91 Å². The lowest BCUT2D eigenvalue weighted by molar-refractivity contribution is 0.0950. The highest BCUT2D eigenvalue weighted by atomic mass is 16.5. The first-order chi connectivity index (χ1) is 11.7. The highest BCUT2D eigenvalue weighted by Gasteiger charge is 2.19. The maximum absolute atomic E-state index is 12.4. The van der Waals surface area contributed by atoms with Crippen LogP contribution in [0.4, 0.5) is 0 Å². The molecule has 1 amide bonds. The number of hydrogen-bond acceptors (Lipinski definition) is 4. The van der Waals surface area contributed by atoms with Crippen LogP contribution in [0.5, 0.6) is 5.75 Å². The number of amides is 1. The number of aryl methyl sites for hydroxylation is 1. The number of carbonyl (C=O) groups excluding carboxylic acids is 1. The van der Waals surface area contributed by atoms with Crippen LogP contribution in [0.25, 0.3) is 11.1 Å². The number of ether oxygens (including phenoxy) is 1. The number of nitrogens with one attached hydrogen (secondary N) is 2. The highest BCUT2D eigenvalue weighted by molar-refractivity contribution is 5.95. The van der Waals surface area contributed by atoms with E-state index in [-0.39, 0.29) is 5.91 Å². The third-order valence-electron chi connectivity index (χ3n) is 4.19. The fraction of sp³-hybridized carbons (Fsp3) is 0.167. The maximum atomic E-state index is 12.4. The summed E-state index contributed by atoms with van der Waals surface area (Å²) < 4.78 is 5.78. The van der Waals surface area contributed by atoms with E-state index < -0.39 is 0 Å². The number of H-pyrrole nitrogens is 1. The van der Waals surface area contributed by atoms with Gasteiger partial charge in [0.2, 0.25) is 0 Å². The van der Waals surface area contributed by atoms with Gasteiger partial charge in [0.15, 0.2) is 0 Å². The van der Waals surface area contributed by atoms with Gasteiger partial charge in [0.05, 0.1) is 6.20 Å². The number of aromatic nitrogens is 3. The number of fused-ring (bicyclic) bond motifs is 3. The smallest absolute Gasteiger partial charge is 0.251 e. The Balaban J connectivity index is 1.56. The van der Waals surface area contributed by atoms with Crippen molar-refractivity contribution < 1.29 is 9.53 Å². The van der Waals surface area contributed by atoms with E-state index in [1.807, 2.05) is 31.3 Å². The zero-order valence-corrected chi connectivity index (χ0v) is 13.2. The van der Waals surface area contributed by atoms with Crippen molar-refractivity contribution in [3.8, 4) is 16.9 Å². The summed E-state index contributed by atoms with van der Waals surface area (Å²) in [6.07, 6.45) is 5.30. The molecule has 2 aromatic heterocycles. The lowest BCUT2D eigenvalue weighted by atomic mass is 9.97. The molecule has 1 aliphatic rings. The van der Waals surface area contributed by atoms with E-state index in [4.69, 9.17) is 4.74 Å². The Morgan fingerprint density at radius 2 is 2.21 bits per heavy atom. The molecule has 3 heterocycles. The van der Waals surface area contributed by atoms with Crippen molar-refractivity contribution in [2.75, 3.05) is 0 Å². The van der Waals surface area contributed by atoms with Crippen LogP contribution in [0.3, 0.4) is 0 Å². The summed E-state index contributed by atoms with van der Waals surface area (Å²) in [6, 6.07) is 7.50. The van der Waals surface area contributed by atoms with Crippen LogP contribution in [0, 0.1) is 6.92 Å². The molecule has 0 bridgehead atoms. The molecule has 0 atom stereocenters. The molecule has 6 nitrogen and oxygen atoms in total. The summed E-state index contributed by atoms with van der Waals surface area (Å²) in [5.41, 5.74) is 5.64. The normalized spacial score (nSPS) is 12.0. The minimum Gasteiger partial charge on any atom is -0.488 e. The van der Waals surface area contributed by atoms with Crippen molar-refractivity contribution >= 4 is 5.91 Å². The van der Waals surface area contributed by atoms with Crippen LogP contribution in [0.2, 0.25) is 0 Å². The van der Waals surface area contributed by atoms with Crippen molar-refractivity contribution in [2.24, 2.45) is 0 Å². The second-order valence-electron chi connectivity index (χ2n) is 5.74. The van der Waals surface area contributed by atoms with Crippen LogP contribution in [0.15, 0.2) is 42.9 Å². The summed E-state index contributed by atoms with van der Waals surface area (Å²) in [7, 11) is 0. The van der Waals surface area contributed by atoms with Crippen LogP contribution in [-0.2, 0) is 13.2 Å². The molecule has 1 aliphatic heterocycles. The molecule has 1 aromatic carbocycles. The first kappa shape index (κ1) is 14.4. The van der Waals surface area contributed by atoms with Gasteiger partial charge in [-0.25, -0.2) is 0 Å². The zero-order valence-electron chi connectivity index (χ0n) is 13.2. The van der Waals surface area contributed by atoms with Gasteiger partial charge in [-0.2, -0.15) is 5.10 Å². The van der Waals surface area contributed by atoms with Crippen molar-refractivity contribution in [3.63, 3.8) is 0 Å². The molecular formula is C18H16N4O2. The van der Waals surface area contributed by atoms with Crippen molar-refractivity contribution in [1.82, 2.24) is 20.5 Å². The van der Waals surface area contributed by atoms with E-state index >= 15 is 0 Å². The van der Waals surface area contributed by atoms with Crippen LogP contribution >= 0.6 is 0 Å². The molecule has 120 valence electrons. The lowest BCUT2D eigenvalue weighted by Gasteiger charge is -2.20. The topological polar surface area (TPSA) is 79.9 Å². The fourth-order valence-electron chi connectivity index (χ4n) is 2.80. The maximum Gasteiger partial charge on any atom is 0.251 e. The number of carbonyl (C=O) groups is 1. The third kappa shape index (κ3) is 2.52. The van der Waals surface area contributed by atoms with Crippen molar-refractivity contribution in [1.29, 1.82) is 0 Å². The molecule has 0 radical (unpaired) electrons. The van der Waals surface area contributed by atoms with Crippen LogP contribution < -0.4 is 10.1 Å². The second-order valence-corrected chi connectivity index (χ2v) is 5.74. The van der Waals surface area contributed by atoms with Gasteiger partial charge in [-0.1, -0.05) is 0 Å². The molecule has 4 rings (SSSR count). The first-order valence-corrected chi connectivity index (χ1v) is 7.69. The molecule has 2 N–H and O–H groups in total. The molecule has 0 spiro atoms. The average molecular weight is 320 g/mol. The quantitative estimate of drug-likeness (QED) is 0.777. The first-order valence-electron chi connectivity index (χ1n) is 7.69. The molecule has 24 heavy (non-hydrogen) atoms. The van der Waals surface area contributed by atoms with Crippen LogP contribution in [0.1, 0.15) is 27.2 Å². The van der Waals surface area contributed by atoms with Crippen LogP contribution in [-0.4, -0.2) is 21.1 Å². The summed E-state index contributed by atoms with van der Waals surface area (Å²) in [5.74, 6) is 0.586. The number of aromatic amines is 1. The Labute approximate surface area is 138 Å². The molecular weight excluding hydrogens is 304 g/mol. The molecule has 0 aliphatic carbocycles. The van der Waals surface area contributed by atoms with Gasteiger partial charge in [-0.15, -0.1) is 0 Å². The minimum atomic E-state index is -0.137. The van der Waals surface area contributed by atoms with E-state index in [1.54, 1.807) is 18.5 Å². The van der Waals surface area contributed by atoms with Crippen molar-refractivity contribution in [3.05, 3.63) is 65.2 Å². The summed E-state index contributed by atoms with van der Waals surface area (Å²) >= 11 is 0. The van der Waals surface area contributed by atoms with Gasteiger partial charge < -0.3 is 10.1 Å². The van der Waals surface area contributed by atoms with Gasteiger partial charge >= 0.3 is 0 Å². The highest BCUT2D eigenvalue weighted by Crippen LogP contribution is 2.37. The van der Waals surface area contributed by atoms with Gasteiger partial charge in [-0.05, 0) is 36.8 Å². The Hall–Kier alpha value is -3.15. The largest absolute Gasteiger partial charge is 0.488 e. The monoisotopic (exact) mass is 320 g/mol. The molecule has 0 unspecified atom stereocenters. The summed E-state index contributed by atoms with van der Waals surface area (Å²) in [6.45, 7) is 2.83. The average Bonchev–Trinajstić information content (AvgIpc) is 3.04. The molecule has 6 heteroatoms. The third-order valence-corrected chi connectivity index (χ3v) is 4.19. The number of nitrogens with zero attached hydrogens (tertiary/aromatic N) is 2. The number of benzene rings is 1. The second kappa shape index (κ2) is 5.81. The number of rotatable bonds is 3. The van der Waals surface area contributed by atoms with E-state index in [1.165, 1.54) is 0 Å². The van der Waals surface area contributed by atoms with Gasteiger partial charge in [-0.3, -0.25) is 14.9 Å². The lowest BCUT2D eigenvalue weighted by Crippen LogP contribution is -2.23. The Morgan fingerprint density at radius 1 is 1.29 bits per heavy atom. The summed E-state index contributed by atoms with van der Waals surface area (Å²) in [5, 5.41) is 9.71. The number of hydrogen-bond donors (Lipinski definition) is 2. The Kier molecular flexibility index (Phi) is 3.49.